The van der Waals surface area contributed by atoms with Crippen LogP contribution in [0, 0.1) is 5.92 Å². The van der Waals surface area contributed by atoms with Crippen LogP contribution in [0.3, 0.4) is 0 Å². The number of carbonyl (C=O) groups is 3. The molecule has 44 heavy (non-hydrogen) atoms. The van der Waals surface area contributed by atoms with Crippen LogP contribution in [-0.2, 0) is 27.2 Å². The summed E-state index contributed by atoms with van der Waals surface area (Å²) in [6, 6.07) is 19.5. The molecule has 2 fully saturated rings. The second-order valence-electron chi connectivity index (χ2n) is 12.0. The molecule has 0 aliphatic carbocycles. The van der Waals surface area contributed by atoms with Crippen molar-refractivity contribution in [3.8, 4) is 0 Å². The van der Waals surface area contributed by atoms with E-state index >= 15 is 0 Å². The van der Waals surface area contributed by atoms with Gasteiger partial charge in [-0.1, -0.05) is 41.9 Å². The van der Waals surface area contributed by atoms with E-state index < -0.39 is 12.0 Å². The molecule has 2 saturated heterocycles. The number of amides is 1. The number of benzene rings is 3. The number of piperidine rings is 1. The molecule has 0 radical (unpaired) electrons. The van der Waals surface area contributed by atoms with Crippen molar-refractivity contribution in [2.24, 2.45) is 5.92 Å². The minimum absolute atomic E-state index is 0.00562. The van der Waals surface area contributed by atoms with E-state index in [2.05, 4.69) is 15.9 Å². The summed E-state index contributed by atoms with van der Waals surface area (Å²) in [7, 11) is 1.76. The third-order valence-corrected chi connectivity index (χ3v) is 9.63. The predicted molar refractivity (Wildman–Crippen MR) is 171 cm³/mol. The Morgan fingerprint density at radius 1 is 0.909 bits per heavy atom. The van der Waals surface area contributed by atoms with Gasteiger partial charge in [0.15, 0.2) is 5.78 Å². The Hall–Kier alpha value is -3.88. The molecule has 3 heterocycles. The number of anilines is 2. The van der Waals surface area contributed by atoms with Gasteiger partial charge in [-0.25, -0.2) is 4.79 Å². The SMILES string of the molecule is COC1CCN(c2cccc3c2CCN(C(=O)C2CCN(c4cccc(Cl)c4)C2)C3C(=O)Cc2ccc(C(=O)O)cc2)CC1. The molecule has 3 aliphatic rings. The van der Waals surface area contributed by atoms with Crippen LogP contribution >= 0.6 is 11.6 Å². The fourth-order valence-corrected chi connectivity index (χ4v) is 7.21. The van der Waals surface area contributed by atoms with Crippen LogP contribution in [-0.4, -0.2) is 73.6 Å². The first-order valence-corrected chi connectivity index (χ1v) is 15.8. The minimum atomic E-state index is -1.01. The number of fused-ring (bicyclic) bond motifs is 1. The summed E-state index contributed by atoms with van der Waals surface area (Å²) >= 11 is 6.24. The monoisotopic (exact) mass is 615 g/mol. The second kappa shape index (κ2) is 13.0. The number of ether oxygens (including phenoxy) is 1. The number of carbonyl (C=O) groups excluding carboxylic acids is 2. The maximum Gasteiger partial charge on any atom is 0.335 e. The molecule has 0 aromatic heterocycles. The number of Topliss-reactive ketones (excluding diaryl/α,β-unsaturated/α-hetero) is 1. The Morgan fingerprint density at radius 2 is 1.64 bits per heavy atom. The largest absolute Gasteiger partial charge is 0.478 e. The summed E-state index contributed by atoms with van der Waals surface area (Å²) < 4.78 is 5.59. The van der Waals surface area contributed by atoms with Gasteiger partial charge in [-0.05, 0) is 78.8 Å². The van der Waals surface area contributed by atoms with E-state index in [1.165, 1.54) is 12.1 Å². The molecular weight excluding hydrogens is 578 g/mol. The standard InChI is InChI=1S/C35H38ClN3O5/c1-44-28-13-17-37(18-14-28)31-7-3-6-30-29(31)15-19-39(33(30)32(40)20-23-8-10-24(11-9-23)35(42)43)34(41)25-12-16-38(22-25)27-5-2-4-26(36)21-27/h2-11,21,25,28,33H,12-20,22H2,1H3,(H,42,43). The summed E-state index contributed by atoms with van der Waals surface area (Å²) in [6.07, 6.45) is 3.66. The molecule has 1 N–H and O–H groups in total. The maximum atomic E-state index is 14.2. The van der Waals surface area contributed by atoms with E-state index in [0.717, 1.165) is 60.5 Å². The van der Waals surface area contributed by atoms with Crippen molar-refractivity contribution < 1.29 is 24.2 Å². The number of rotatable bonds is 8. The smallest absolute Gasteiger partial charge is 0.335 e. The molecule has 2 unspecified atom stereocenters. The third kappa shape index (κ3) is 6.19. The Kier molecular flexibility index (Phi) is 8.91. The molecule has 0 spiro atoms. The number of methoxy groups -OCH3 is 1. The zero-order chi connectivity index (χ0) is 30.8. The summed E-state index contributed by atoms with van der Waals surface area (Å²) in [5, 5.41) is 9.97. The van der Waals surface area contributed by atoms with E-state index in [1.54, 1.807) is 19.2 Å². The minimum Gasteiger partial charge on any atom is -0.478 e. The lowest BCUT2D eigenvalue weighted by Gasteiger charge is -2.41. The highest BCUT2D eigenvalue weighted by Gasteiger charge is 2.41. The highest BCUT2D eigenvalue weighted by atomic mass is 35.5. The Labute approximate surface area is 263 Å². The normalized spacial score (nSPS) is 20.5. The van der Waals surface area contributed by atoms with Crippen LogP contribution in [0.15, 0.2) is 66.7 Å². The van der Waals surface area contributed by atoms with Crippen LogP contribution < -0.4 is 9.80 Å². The van der Waals surface area contributed by atoms with Crippen LogP contribution in [0.5, 0.6) is 0 Å². The number of hydrogen-bond acceptors (Lipinski definition) is 6. The number of hydrogen-bond donors (Lipinski definition) is 1. The van der Waals surface area contributed by atoms with E-state index in [9.17, 15) is 19.5 Å². The molecular formula is C35H38ClN3O5. The molecule has 6 rings (SSSR count). The molecule has 8 nitrogen and oxygen atoms in total. The van der Waals surface area contributed by atoms with E-state index in [0.29, 0.717) is 31.0 Å². The first kappa shape index (κ1) is 30.2. The van der Waals surface area contributed by atoms with Gasteiger partial charge in [-0.15, -0.1) is 0 Å². The number of nitrogens with zero attached hydrogens (tertiary/aromatic N) is 3. The molecule has 2 atom stereocenters. The maximum absolute atomic E-state index is 14.2. The Bertz CT molecular complexity index is 1540. The topological polar surface area (TPSA) is 90.4 Å². The van der Waals surface area contributed by atoms with Crippen molar-refractivity contribution in [1.29, 1.82) is 0 Å². The van der Waals surface area contributed by atoms with Crippen molar-refractivity contribution in [3.63, 3.8) is 0 Å². The average Bonchev–Trinajstić information content (AvgIpc) is 3.54. The quantitative estimate of drug-likeness (QED) is 0.362. The van der Waals surface area contributed by atoms with Gasteiger partial charge in [0.05, 0.1) is 17.6 Å². The van der Waals surface area contributed by atoms with Gasteiger partial charge in [-0.3, -0.25) is 9.59 Å². The lowest BCUT2D eigenvalue weighted by molar-refractivity contribution is -0.143. The lowest BCUT2D eigenvalue weighted by atomic mass is 9.85. The summed E-state index contributed by atoms with van der Waals surface area (Å²) in [4.78, 5) is 46.2. The third-order valence-electron chi connectivity index (χ3n) is 9.39. The number of carboxylic acid groups (broad SMARTS) is 1. The second-order valence-corrected chi connectivity index (χ2v) is 12.4. The van der Waals surface area contributed by atoms with Gasteiger partial charge >= 0.3 is 5.97 Å². The molecule has 9 heteroatoms. The molecule has 0 saturated carbocycles. The van der Waals surface area contributed by atoms with E-state index in [1.807, 2.05) is 41.3 Å². The summed E-state index contributed by atoms with van der Waals surface area (Å²) in [5.41, 5.74) is 5.07. The molecule has 3 aliphatic heterocycles. The number of halogens is 1. The van der Waals surface area contributed by atoms with E-state index in [4.69, 9.17) is 16.3 Å². The number of ketones is 1. The van der Waals surface area contributed by atoms with Crippen LogP contribution in [0.1, 0.15) is 52.4 Å². The predicted octanol–water partition coefficient (Wildman–Crippen LogP) is 5.42. The molecule has 3 aromatic carbocycles. The fourth-order valence-electron chi connectivity index (χ4n) is 7.03. The lowest BCUT2D eigenvalue weighted by Crippen LogP contribution is -2.47. The van der Waals surface area contributed by atoms with Gasteiger partial charge < -0.3 is 24.5 Å². The zero-order valence-corrected chi connectivity index (χ0v) is 25.7. The van der Waals surface area contributed by atoms with Crippen molar-refractivity contribution in [1.82, 2.24) is 4.90 Å². The average molecular weight is 616 g/mol. The highest BCUT2D eigenvalue weighted by Crippen LogP contribution is 2.39. The fraction of sp³-hybridized carbons (Fsp3) is 0.400. The molecule has 3 aromatic rings. The van der Waals surface area contributed by atoms with Crippen molar-refractivity contribution in [2.75, 3.05) is 49.6 Å². The molecule has 0 bridgehead atoms. The van der Waals surface area contributed by atoms with Gasteiger partial charge in [-0.2, -0.15) is 0 Å². The number of carboxylic acids is 1. The Morgan fingerprint density at radius 3 is 2.34 bits per heavy atom. The molecule has 1 amide bonds. The zero-order valence-electron chi connectivity index (χ0n) is 25.0. The van der Waals surface area contributed by atoms with Crippen LogP contribution in [0.4, 0.5) is 11.4 Å². The first-order valence-electron chi connectivity index (χ1n) is 15.4. The molecule has 230 valence electrons. The van der Waals surface area contributed by atoms with Crippen molar-refractivity contribution in [2.45, 2.75) is 44.2 Å². The van der Waals surface area contributed by atoms with Crippen LogP contribution in [0.25, 0.3) is 0 Å². The summed E-state index contributed by atoms with van der Waals surface area (Å²) in [5.74, 6) is -1.29. The van der Waals surface area contributed by atoms with Gasteiger partial charge in [0.1, 0.15) is 6.04 Å². The number of aromatic carboxylic acids is 1. The summed E-state index contributed by atoms with van der Waals surface area (Å²) in [6.45, 7) is 3.56. The van der Waals surface area contributed by atoms with Gasteiger partial charge in [0.25, 0.3) is 0 Å². The van der Waals surface area contributed by atoms with Crippen molar-refractivity contribution in [3.05, 3.63) is 94.0 Å². The first-order chi connectivity index (χ1) is 21.3. The van der Waals surface area contributed by atoms with E-state index in [-0.39, 0.29) is 35.7 Å². The van der Waals surface area contributed by atoms with Gasteiger partial charge in [0.2, 0.25) is 5.91 Å². The van der Waals surface area contributed by atoms with Crippen LogP contribution in [0.2, 0.25) is 5.02 Å². The highest BCUT2D eigenvalue weighted by molar-refractivity contribution is 6.30. The van der Waals surface area contributed by atoms with Crippen molar-refractivity contribution >= 4 is 40.6 Å². The van der Waals surface area contributed by atoms with Gasteiger partial charge in [0, 0.05) is 62.7 Å². The Balaban J connectivity index is 1.29.